The van der Waals surface area contributed by atoms with Gasteiger partial charge in [0.15, 0.2) is 0 Å². The maximum atomic E-state index is 12.1. The monoisotopic (exact) mass is 289 g/mol. The lowest BCUT2D eigenvalue weighted by Gasteiger charge is -2.10. The minimum absolute atomic E-state index is 0.0707. The van der Waals surface area contributed by atoms with Crippen molar-refractivity contribution >= 4 is 17.3 Å². The molecule has 0 amide bonds. The summed E-state index contributed by atoms with van der Waals surface area (Å²) in [6.45, 7) is 0.336. The summed E-state index contributed by atoms with van der Waals surface area (Å²) < 4.78 is 1.14. The van der Waals surface area contributed by atoms with E-state index >= 15 is 0 Å². The zero-order valence-electron chi connectivity index (χ0n) is 10.5. The summed E-state index contributed by atoms with van der Waals surface area (Å²) >= 11 is 5.96. The third kappa shape index (κ3) is 2.92. The van der Waals surface area contributed by atoms with Gasteiger partial charge in [0.25, 0.3) is 5.56 Å². The molecule has 6 heteroatoms. The van der Waals surface area contributed by atoms with E-state index in [0.717, 1.165) is 4.68 Å². The van der Waals surface area contributed by atoms with Crippen molar-refractivity contribution in [1.82, 2.24) is 9.78 Å². The lowest BCUT2D eigenvalue weighted by molar-refractivity contribution is 0.469. The van der Waals surface area contributed by atoms with Crippen molar-refractivity contribution in [3.8, 4) is 18.1 Å². The maximum absolute atomic E-state index is 12.1. The van der Waals surface area contributed by atoms with Crippen molar-refractivity contribution in [2.45, 2.75) is 13.1 Å². The van der Waals surface area contributed by atoms with Gasteiger partial charge in [-0.25, -0.2) is 4.68 Å². The van der Waals surface area contributed by atoms with Gasteiger partial charge in [-0.3, -0.25) is 4.79 Å². The summed E-state index contributed by atoms with van der Waals surface area (Å²) in [5.74, 6) is 2.49. The largest absolute Gasteiger partial charge is 0.508 e. The number of anilines is 1. The van der Waals surface area contributed by atoms with E-state index in [2.05, 4.69) is 16.3 Å². The highest BCUT2D eigenvalue weighted by molar-refractivity contribution is 6.32. The molecule has 0 saturated heterocycles. The number of para-hydroxylation sites is 1. The van der Waals surface area contributed by atoms with Gasteiger partial charge >= 0.3 is 0 Å². The standard InChI is InChI=1S/C14H12ClN3O2/c1-2-7-18-14(20)13(11(15)9-17-18)16-8-10-5-3-4-6-12(10)19/h1,3-6,9,16,19H,7-8H2. The first kappa shape index (κ1) is 14.0. The molecule has 1 heterocycles. The molecule has 2 rings (SSSR count). The summed E-state index contributed by atoms with van der Waals surface area (Å²) in [4.78, 5) is 12.1. The van der Waals surface area contributed by atoms with Crippen LogP contribution in [0.1, 0.15) is 5.56 Å². The fourth-order valence-corrected chi connectivity index (χ4v) is 1.86. The van der Waals surface area contributed by atoms with Crippen molar-refractivity contribution in [1.29, 1.82) is 0 Å². The highest BCUT2D eigenvalue weighted by Crippen LogP contribution is 2.19. The molecule has 2 N–H and O–H groups in total. The Morgan fingerprint density at radius 2 is 2.20 bits per heavy atom. The molecular weight excluding hydrogens is 278 g/mol. The summed E-state index contributed by atoms with van der Waals surface area (Å²) in [7, 11) is 0. The number of nitrogens with one attached hydrogen (secondary N) is 1. The number of hydrogen-bond acceptors (Lipinski definition) is 4. The molecule has 0 aliphatic heterocycles. The van der Waals surface area contributed by atoms with Crippen molar-refractivity contribution in [3.63, 3.8) is 0 Å². The number of hydrogen-bond donors (Lipinski definition) is 2. The molecule has 0 aliphatic rings. The van der Waals surface area contributed by atoms with Gasteiger partial charge in [0, 0.05) is 12.1 Å². The van der Waals surface area contributed by atoms with Gasteiger partial charge < -0.3 is 10.4 Å². The second kappa shape index (κ2) is 6.13. The highest BCUT2D eigenvalue weighted by Gasteiger charge is 2.10. The first-order valence-electron chi connectivity index (χ1n) is 5.83. The summed E-state index contributed by atoms with van der Waals surface area (Å²) in [6.07, 6.45) is 6.52. The molecule has 5 nitrogen and oxygen atoms in total. The number of phenolic OH excluding ortho intramolecular Hbond substituents is 1. The molecule has 1 aromatic heterocycles. The van der Waals surface area contributed by atoms with Crippen LogP contribution in [0, 0.1) is 12.3 Å². The smallest absolute Gasteiger partial charge is 0.292 e. The predicted molar refractivity (Wildman–Crippen MR) is 77.8 cm³/mol. The molecule has 0 atom stereocenters. The van der Waals surface area contributed by atoms with Crippen LogP contribution < -0.4 is 10.9 Å². The van der Waals surface area contributed by atoms with Gasteiger partial charge in [0.1, 0.15) is 18.0 Å². The minimum Gasteiger partial charge on any atom is -0.508 e. The second-order valence-electron chi connectivity index (χ2n) is 4.02. The van der Waals surface area contributed by atoms with Crippen LogP contribution in [0.15, 0.2) is 35.3 Å². The minimum atomic E-state index is -0.397. The fraction of sp³-hybridized carbons (Fsp3) is 0.143. The number of aromatic hydroxyl groups is 1. The van der Waals surface area contributed by atoms with Crippen molar-refractivity contribution in [2.24, 2.45) is 0 Å². The SMILES string of the molecule is C#CCn1ncc(Cl)c(NCc2ccccc2O)c1=O. The number of benzene rings is 1. The molecule has 0 saturated carbocycles. The number of rotatable bonds is 4. The summed E-state index contributed by atoms with van der Waals surface area (Å²) in [6, 6.07) is 6.83. The Labute approximate surface area is 120 Å². The van der Waals surface area contributed by atoms with Crippen LogP contribution in [0.5, 0.6) is 5.75 Å². The van der Waals surface area contributed by atoms with Gasteiger partial charge in [-0.15, -0.1) is 6.42 Å². The Balaban J connectivity index is 2.26. The van der Waals surface area contributed by atoms with E-state index in [0.29, 0.717) is 5.56 Å². The van der Waals surface area contributed by atoms with E-state index in [9.17, 15) is 9.90 Å². The Morgan fingerprint density at radius 3 is 2.90 bits per heavy atom. The third-order valence-electron chi connectivity index (χ3n) is 2.69. The van der Waals surface area contributed by atoms with Crippen LogP contribution in [0.25, 0.3) is 0 Å². The Kier molecular flexibility index (Phi) is 4.28. The summed E-state index contributed by atoms with van der Waals surface area (Å²) in [5.41, 5.74) is 0.467. The zero-order valence-corrected chi connectivity index (χ0v) is 11.3. The Bertz CT molecular complexity index is 719. The van der Waals surface area contributed by atoms with Gasteiger partial charge in [0.05, 0.1) is 11.2 Å². The molecule has 0 radical (unpaired) electrons. The Hall–Kier alpha value is -2.45. The van der Waals surface area contributed by atoms with E-state index in [4.69, 9.17) is 18.0 Å². The summed E-state index contributed by atoms with van der Waals surface area (Å²) in [5, 5.41) is 16.6. The molecular formula is C14H12ClN3O2. The van der Waals surface area contributed by atoms with Crippen molar-refractivity contribution in [2.75, 3.05) is 5.32 Å². The van der Waals surface area contributed by atoms with E-state index in [1.807, 2.05) is 0 Å². The molecule has 102 valence electrons. The lowest BCUT2D eigenvalue weighted by Crippen LogP contribution is -2.25. The second-order valence-corrected chi connectivity index (χ2v) is 4.42. The molecule has 20 heavy (non-hydrogen) atoms. The van der Waals surface area contributed by atoms with Gasteiger partial charge in [0.2, 0.25) is 0 Å². The van der Waals surface area contributed by atoms with Crippen molar-refractivity contribution < 1.29 is 5.11 Å². The number of nitrogens with zero attached hydrogens (tertiary/aromatic N) is 2. The van der Waals surface area contributed by atoms with E-state index in [-0.39, 0.29) is 29.5 Å². The van der Waals surface area contributed by atoms with Crippen LogP contribution in [0.3, 0.4) is 0 Å². The van der Waals surface area contributed by atoms with Crippen LogP contribution in [0.2, 0.25) is 5.02 Å². The lowest BCUT2D eigenvalue weighted by atomic mass is 10.2. The number of halogens is 1. The molecule has 0 unspecified atom stereocenters. The first-order chi connectivity index (χ1) is 9.63. The molecule has 0 fully saturated rings. The molecule has 1 aromatic carbocycles. The van der Waals surface area contributed by atoms with Crippen LogP contribution in [0.4, 0.5) is 5.69 Å². The van der Waals surface area contributed by atoms with E-state index < -0.39 is 5.56 Å². The normalized spacial score (nSPS) is 10.0. The van der Waals surface area contributed by atoms with E-state index in [1.54, 1.807) is 24.3 Å². The number of terminal acetylenes is 1. The maximum Gasteiger partial charge on any atom is 0.292 e. The zero-order chi connectivity index (χ0) is 14.5. The van der Waals surface area contributed by atoms with Crippen LogP contribution in [-0.2, 0) is 13.1 Å². The topological polar surface area (TPSA) is 67.2 Å². The first-order valence-corrected chi connectivity index (χ1v) is 6.21. The average molecular weight is 290 g/mol. The van der Waals surface area contributed by atoms with Crippen LogP contribution >= 0.6 is 11.6 Å². The Morgan fingerprint density at radius 1 is 1.45 bits per heavy atom. The predicted octanol–water partition coefficient (Wildman–Crippen LogP) is 1.85. The van der Waals surface area contributed by atoms with Gasteiger partial charge in [-0.1, -0.05) is 35.7 Å². The third-order valence-corrected chi connectivity index (χ3v) is 2.97. The van der Waals surface area contributed by atoms with Crippen molar-refractivity contribution in [3.05, 3.63) is 51.4 Å². The fourth-order valence-electron chi connectivity index (χ4n) is 1.67. The average Bonchev–Trinajstić information content (AvgIpc) is 2.44. The van der Waals surface area contributed by atoms with Gasteiger partial charge in [-0.2, -0.15) is 5.10 Å². The van der Waals surface area contributed by atoms with Gasteiger partial charge in [-0.05, 0) is 6.07 Å². The van der Waals surface area contributed by atoms with Crippen LogP contribution in [-0.4, -0.2) is 14.9 Å². The number of phenols is 1. The quantitative estimate of drug-likeness (QED) is 0.843. The van der Waals surface area contributed by atoms with E-state index in [1.165, 1.54) is 6.20 Å². The number of aromatic nitrogens is 2. The molecule has 0 bridgehead atoms. The molecule has 0 aliphatic carbocycles. The molecule has 0 spiro atoms. The highest BCUT2D eigenvalue weighted by atomic mass is 35.5. The molecule has 2 aromatic rings.